The van der Waals surface area contributed by atoms with Crippen LogP contribution in [0.2, 0.25) is 0 Å². The number of hydrogen-bond acceptors (Lipinski definition) is 2. The molecular formula is C20H20N2O. The molecule has 0 saturated carbocycles. The summed E-state index contributed by atoms with van der Waals surface area (Å²) in [4.78, 5) is 16.3. The molecule has 0 aliphatic carbocycles. The molecule has 23 heavy (non-hydrogen) atoms. The quantitative estimate of drug-likeness (QED) is 0.799. The molecule has 2 aromatic carbocycles. The molecule has 0 fully saturated rings. The van der Waals surface area contributed by atoms with E-state index < -0.39 is 0 Å². The van der Waals surface area contributed by atoms with Gasteiger partial charge in [0, 0.05) is 18.0 Å². The zero-order chi connectivity index (χ0) is 16.4. The first-order valence-electron chi connectivity index (χ1n) is 7.75. The number of pyridine rings is 1. The lowest BCUT2D eigenvalue weighted by molar-refractivity contribution is -0.119. The molecule has 0 aliphatic heterocycles. The van der Waals surface area contributed by atoms with Gasteiger partial charge in [-0.15, -0.1) is 0 Å². The number of benzene rings is 2. The molecule has 0 unspecified atom stereocenters. The number of amides is 1. The molecule has 1 amide bonds. The minimum Gasteiger partial charge on any atom is -0.359 e. The summed E-state index contributed by atoms with van der Waals surface area (Å²) in [6.07, 6.45) is 0.394. The molecule has 3 nitrogen and oxygen atoms in total. The van der Waals surface area contributed by atoms with E-state index in [-0.39, 0.29) is 5.91 Å². The number of carbonyl (C=O) groups excluding carboxylic acids is 1. The van der Waals surface area contributed by atoms with Crippen molar-refractivity contribution in [3.8, 4) is 11.3 Å². The number of hydrogen-bond donors (Lipinski definition) is 1. The van der Waals surface area contributed by atoms with E-state index in [1.54, 1.807) is 7.05 Å². The average molecular weight is 304 g/mol. The highest BCUT2D eigenvalue weighted by Crippen LogP contribution is 2.25. The fourth-order valence-corrected chi connectivity index (χ4v) is 2.70. The summed E-state index contributed by atoms with van der Waals surface area (Å²) in [5.41, 5.74) is 6.48. The number of aryl methyl sites for hydroxylation is 2. The van der Waals surface area contributed by atoms with Crippen LogP contribution in [0.25, 0.3) is 22.2 Å². The predicted molar refractivity (Wildman–Crippen MR) is 94.4 cm³/mol. The maximum absolute atomic E-state index is 11.5. The highest BCUT2D eigenvalue weighted by Gasteiger charge is 2.07. The fourth-order valence-electron chi connectivity index (χ4n) is 2.70. The molecule has 3 rings (SSSR count). The van der Waals surface area contributed by atoms with Crippen LogP contribution < -0.4 is 5.32 Å². The third-order valence-corrected chi connectivity index (χ3v) is 4.07. The second-order valence-corrected chi connectivity index (χ2v) is 5.89. The van der Waals surface area contributed by atoms with Gasteiger partial charge in [-0.2, -0.15) is 0 Å². The number of nitrogens with zero attached hydrogens (tertiary/aromatic N) is 1. The van der Waals surface area contributed by atoms with Crippen LogP contribution in [0.3, 0.4) is 0 Å². The van der Waals surface area contributed by atoms with Crippen LogP contribution in [-0.2, 0) is 11.2 Å². The minimum atomic E-state index is 0.0197. The summed E-state index contributed by atoms with van der Waals surface area (Å²) in [5, 5.41) is 3.76. The topological polar surface area (TPSA) is 42.0 Å². The number of nitrogens with one attached hydrogen (secondary N) is 1. The molecule has 116 valence electrons. The van der Waals surface area contributed by atoms with E-state index in [4.69, 9.17) is 4.98 Å². The third kappa shape index (κ3) is 3.24. The first-order valence-corrected chi connectivity index (χ1v) is 7.75. The van der Waals surface area contributed by atoms with Gasteiger partial charge in [0.15, 0.2) is 0 Å². The van der Waals surface area contributed by atoms with Crippen molar-refractivity contribution in [2.24, 2.45) is 0 Å². The van der Waals surface area contributed by atoms with Crippen LogP contribution >= 0.6 is 0 Å². The highest BCUT2D eigenvalue weighted by atomic mass is 16.1. The largest absolute Gasteiger partial charge is 0.359 e. The van der Waals surface area contributed by atoms with E-state index in [2.05, 4.69) is 55.6 Å². The van der Waals surface area contributed by atoms with Crippen molar-refractivity contribution in [1.82, 2.24) is 10.3 Å². The standard InChI is InChI=1S/C20H20N2O/c1-13-4-7-16(8-5-13)19-10-14(2)17-11-15(12-20(23)21-3)6-9-18(17)22-19/h4-11H,12H2,1-3H3,(H,21,23). The second kappa shape index (κ2) is 6.21. The van der Waals surface area contributed by atoms with Gasteiger partial charge in [0.1, 0.15) is 0 Å². The molecule has 1 heterocycles. The molecule has 3 heteroatoms. The average Bonchev–Trinajstić information content (AvgIpc) is 2.55. The Bertz CT molecular complexity index is 867. The van der Waals surface area contributed by atoms with Crippen molar-refractivity contribution in [3.63, 3.8) is 0 Å². The molecule has 3 aromatic rings. The Morgan fingerprint density at radius 2 is 1.78 bits per heavy atom. The van der Waals surface area contributed by atoms with E-state index in [1.165, 1.54) is 11.1 Å². The molecule has 0 aliphatic rings. The SMILES string of the molecule is CNC(=O)Cc1ccc2nc(-c3ccc(C)cc3)cc(C)c2c1. The fraction of sp³-hybridized carbons (Fsp3) is 0.200. The Morgan fingerprint density at radius 3 is 2.48 bits per heavy atom. The van der Waals surface area contributed by atoms with E-state index in [0.29, 0.717) is 6.42 Å². The van der Waals surface area contributed by atoms with Crippen molar-refractivity contribution >= 4 is 16.8 Å². The zero-order valence-corrected chi connectivity index (χ0v) is 13.7. The van der Waals surface area contributed by atoms with E-state index >= 15 is 0 Å². The lowest BCUT2D eigenvalue weighted by Gasteiger charge is -2.09. The number of carbonyl (C=O) groups is 1. The van der Waals surface area contributed by atoms with Gasteiger partial charge in [-0.3, -0.25) is 4.79 Å². The molecule has 0 atom stereocenters. The zero-order valence-electron chi connectivity index (χ0n) is 13.7. The van der Waals surface area contributed by atoms with Gasteiger partial charge in [0.05, 0.1) is 17.6 Å². The van der Waals surface area contributed by atoms with Crippen molar-refractivity contribution in [1.29, 1.82) is 0 Å². The number of fused-ring (bicyclic) bond motifs is 1. The highest BCUT2D eigenvalue weighted by molar-refractivity contribution is 5.87. The smallest absolute Gasteiger partial charge is 0.224 e. The Labute approximate surface area is 136 Å². The monoisotopic (exact) mass is 304 g/mol. The van der Waals surface area contributed by atoms with Crippen molar-refractivity contribution in [2.45, 2.75) is 20.3 Å². The Kier molecular flexibility index (Phi) is 4.11. The van der Waals surface area contributed by atoms with Crippen molar-refractivity contribution < 1.29 is 4.79 Å². The maximum Gasteiger partial charge on any atom is 0.224 e. The van der Waals surface area contributed by atoms with Crippen LogP contribution in [0.15, 0.2) is 48.5 Å². The van der Waals surface area contributed by atoms with Gasteiger partial charge in [-0.25, -0.2) is 4.98 Å². The van der Waals surface area contributed by atoms with Crippen LogP contribution in [-0.4, -0.2) is 17.9 Å². The molecule has 1 N–H and O–H groups in total. The number of aromatic nitrogens is 1. The van der Waals surface area contributed by atoms with Crippen LogP contribution in [0, 0.1) is 13.8 Å². The lowest BCUT2D eigenvalue weighted by Crippen LogP contribution is -2.19. The van der Waals surface area contributed by atoms with Crippen LogP contribution in [0.5, 0.6) is 0 Å². The van der Waals surface area contributed by atoms with E-state index in [0.717, 1.165) is 27.7 Å². The first kappa shape index (κ1) is 15.2. The third-order valence-electron chi connectivity index (χ3n) is 4.07. The van der Waals surface area contributed by atoms with Gasteiger partial charge >= 0.3 is 0 Å². The molecule has 0 spiro atoms. The summed E-state index contributed by atoms with van der Waals surface area (Å²) in [7, 11) is 1.66. The van der Waals surface area contributed by atoms with Crippen molar-refractivity contribution in [2.75, 3.05) is 7.05 Å². The van der Waals surface area contributed by atoms with E-state index in [9.17, 15) is 4.79 Å². The normalized spacial score (nSPS) is 10.7. The predicted octanol–water partition coefficient (Wildman–Crippen LogP) is 3.81. The van der Waals surface area contributed by atoms with Gasteiger partial charge < -0.3 is 5.32 Å². The Hall–Kier alpha value is -2.68. The Balaban J connectivity index is 2.04. The minimum absolute atomic E-state index is 0.0197. The molecule has 1 aromatic heterocycles. The van der Waals surface area contributed by atoms with E-state index in [1.807, 2.05) is 12.1 Å². The lowest BCUT2D eigenvalue weighted by atomic mass is 10.0. The second-order valence-electron chi connectivity index (χ2n) is 5.89. The number of rotatable bonds is 3. The summed E-state index contributed by atoms with van der Waals surface area (Å²) in [5.74, 6) is 0.0197. The molecule has 0 saturated heterocycles. The summed E-state index contributed by atoms with van der Waals surface area (Å²) >= 11 is 0. The summed E-state index contributed by atoms with van der Waals surface area (Å²) < 4.78 is 0. The van der Waals surface area contributed by atoms with Crippen molar-refractivity contribution in [3.05, 3.63) is 65.2 Å². The molecule has 0 radical (unpaired) electrons. The van der Waals surface area contributed by atoms with Crippen LogP contribution in [0.4, 0.5) is 0 Å². The number of likely N-dealkylation sites (N-methyl/N-ethyl adjacent to an activating group) is 1. The molecule has 0 bridgehead atoms. The van der Waals surface area contributed by atoms with Gasteiger partial charge in [-0.05, 0) is 43.2 Å². The van der Waals surface area contributed by atoms with Crippen LogP contribution in [0.1, 0.15) is 16.7 Å². The van der Waals surface area contributed by atoms with Gasteiger partial charge in [0.25, 0.3) is 0 Å². The summed E-state index contributed by atoms with van der Waals surface area (Å²) in [6.45, 7) is 4.17. The maximum atomic E-state index is 11.5. The van der Waals surface area contributed by atoms with Gasteiger partial charge in [0.2, 0.25) is 5.91 Å². The van der Waals surface area contributed by atoms with Gasteiger partial charge in [-0.1, -0.05) is 35.9 Å². The summed E-state index contributed by atoms with van der Waals surface area (Å²) in [6, 6.07) is 16.5. The first-order chi connectivity index (χ1) is 11.1. The Morgan fingerprint density at radius 1 is 1.04 bits per heavy atom. The molecular weight excluding hydrogens is 284 g/mol.